The highest BCUT2D eigenvalue weighted by atomic mass is 16.2. The normalized spacial score (nSPS) is 17.4. The van der Waals surface area contributed by atoms with Gasteiger partial charge in [0.2, 0.25) is 5.91 Å². The molecule has 0 radical (unpaired) electrons. The molecule has 0 aliphatic carbocycles. The van der Waals surface area contributed by atoms with E-state index in [9.17, 15) is 4.79 Å². The summed E-state index contributed by atoms with van der Waals surface area (Å²) < 4.78 is 0. The standard InChI is InChI=1S/C14H23N5O/c1-11(2)9-12(15)14(20)19-7-5-18(6-8-19)13-10-16-3-4-17-13/h3-4,10-12H,5-9,15H2,1-2H3/t12-/m0/s1. The number of carbonyl (C=O) groups excluding carboxylic acids is 1. The van der Waals surface area contributed by atoms with Crippen molar-refractivity contribution < 1.29 is 4.79 Å². The Kier molecular flexibility index (Phi) is 4.89. The van der Waals surface area contributed by atoms with E-state index < -0.39 is 0 Å². The predicted molar refractivity (Wildman–Crippen MR) is 78.3 cm³/mol. The molecule has 1 aliphatic rings. The molecule has 1 atom stereocenters. The van der Waals surface area contributed by atoms with E-state index in [2.05, 4.69) is 28.7 Å². The number of amides is 1. The Labute approximate surface area is 120 Å². The highest BCUT2D eigenvalue weighted by Crippen LogP contribution is 2.13. The summed E-state index contributed by atoms with van der Waals surface area (Å²) >= 11 is 0. The minimum Gasteiger partial charge on any atom is -0.352 e. The second kappa shape index (κ2) is 6.65. The number of aromatic nitrogens is 2. The van der Waals surface area contributed by atoms with Gasteiger partial charge in [0, 0.05) is 38.6 Å². The van der Waals surface area contributed by atoms with Gasteiger partial charge in [-0.05, 0) is 12.3 Å². The Morgan fingerprint density at radius 3 is 2.55 bits per heavy atom. The minimum atomic E-state index is -0.377. The average molecular weight is 277 g/mol. The van der Waals surface area contributed by atoms with Crippen LogP contribution in [0, 0.1) is 5.92 Å². The molecule has 110 valence electrons. The maximum absolute atomic E-state index is 12.2. The lowest BCUT2D eigenvalue weighted by Crippen LogP contribution is -2.53. The molecule has 0 bridgehead atoms. The van der Waals surface area contributed by atoms with Crippen LogP contribution < -0.4 is 10.6 Å². The van der Waals surface area contributed by atoms with Crippen LogP contribution in [-0.2, 0) is 4.79 Å². The topological polar surface area (TPSA) is 75.4 Å². The molecule has 0 saturated carbocycles. The van der Waals surface area contributed by atoms with E-state index >= 15 is 0 Å². The largest absolute Gasteiger partial charge is 0.352 e. The van der Waals surface area contributed by atoms with E-state index in [1.807, 2.05) is 4.90 Å². The molecule has 20 heavy (non-hydrogen) atoms. The number of carbonyl (C=O) groups is 1. The SMILES string of the molecule is CC(C)C[C@H](N)C(=O)N1CCN(c2cnccn2)CC1. The quantitative estimate of drug-likeness (QED) is 0.867. The van der Waals surface area contributed by atoms with Gasteiger partial charge in [-0.3, -0.25) is 9.78 Å². The maximum atomic E-state index is 12.2. The van der Waals surface area contributed by atoms with Crippen LogP contribution in [0.4, 0.5) is 5.82 Å². The first-order chi connectivity index (χ1) is 9.58. The third-order valence-electron chi connectivity index (χ3n) is 3.51. The summed E-state index contributed by atoms with van der Waals surface area (Å²) in [4.78, 5) is 24.6. The highest BCUT2D eigenvalue weighted by molar-refractivity contribution is 5.81. The Balaban J connectivity index is 1.86. The fourth-order valence-electron chi connectivity index (χ4n) is 2.45. The molecule has 0 spiro atoms. The van der Waals surface area contributed by atoms with Gasteiger partial charge in [0.25, 0.3) is 0 Å². The molecule has 1 aliphatic heterocycles. The summed E-state index contributed by atoms with van der Waals surface area (Å²) in [5, 5.41) is 0. The van der Waals surface area contributed by atoms with E-state index in [0.29, 0.717) is 19.0 Å². The lowest BCUT2D eigenvalue weighted by Gasteiger charge is -2.36. The molecular formula is C14H23N5O. The van der Waals surface area contributed by atoms with Gasteiger partial charge in [-0.15, -0.1) is 0 Å². The number of anilines is 1. The zero-order chi connectivity index (χ0) is 14.5. The molecule has 1 fully saturated rings. The van der Waals surface area contributed by atoms with Gasteiger partial charge in [0.05, 0.1) is 12.2 Å². The molecule has 2 rings (SSSR count). The smallest absolute Gasteiger partial charge is 0.239 e. The van der Waals surface area contributed by atoms with Crippen LogP contribution in [0.1, 0.15) is 20.3 Å². The number of hydrogen-bond acceptors (Lipinski definition) is 5. The van der Waals surface area contributed by atoms with E-state index in [4.69, 9.17) is 5.73 Å². The fourth-order valence-corrected chi connectivity index (χ4v) is 2.45. The van der Waals surface area contributed by atoms with Gasteiger partial charge >= 0.3 is 0 Å². The summed E-state index contributed by atoms with van der Waals surface area (Å²) in [5.74, 6) is 1.37. The van der Waals surface area contributed by atoms with Gasteiger partial charge < -0.3 is 15.5 Å². The Morgan fingerprint density at radius 1 is 1.30 bits per heavy atom. The Morgan fingerprint density at radius 2 is 2.00 bits per heavy atom. The second-order valence-corrected chi connectivity index (χ2v) is 5.61. The van der Waals surface area contributed by atoms with Crippen molar-refractivity contribution in [2.75, 3.05) is 31.1 Å². The second-order valence-electron chi connectivity index (χ2n) is 5.61. The van der Waals surface area contributed by atoms with E-state index in [-0.39, 0.29) is 11.9 Å². The van der Waals surface area contributed by atoms with Gasteiger partial charge in [0.15, 0.2) is 0 Å². The van der Waals surface area contributed by atoms with Crippen LogP contribution in [0.15, 0.2) is 18.6 Å². The van der Waals surface area contributed by atoms with Gasteiger partial charge in [0.1, 0.15) is 5.82 Å². The fraction of sp³-hybridized carbons (Fsp3) is 0.643. The van der Waals surface area contributed by atoms with Crippen molar-refractivity contribution in [1.82, 2.24) is 14.9 Å². The van der Waals surface area contributed by atoms with Crippen molar-refractivity contribution in [3.8, 4) is 0 Å². The summed E-state index contributed by atoms with van der Waals surface area (Å²) in [5.41, 5.74) is 5.97. The monoisotopic (exact) mass is 277 g/mol. The molecule has 6 nitrogen and oxygen atoms in total. The summed E-state index contributed by atoms with van der Waals surface area (Å²) in [6.45, 7) is 7.11. The number of nitrogens with zero attached hydrogens (tertiary/aromatic N) is 4. The molecule has 2 N–H and O–H groups in total. The number of nitrogens with two attached hydrogens (primary N) is 1. The highest BCUT2D eigenvalue weighted by Gasteiger charge is 2.26. The first-order valence-corrected chi connectivity index (χ1v) is 7.13. The zero-order valence-corrected chi connectivity index (χ0v) is 12.2. The number of rotatable bonds is 4. The third kappa shape index (κ3) is 3.66. The molecule has 1 saturated heterocycles. The first-order valence-electron chi connectivity index (χ1n) is 7.13. The summed E-state index contributed by atoms with van der Waals surface area (Å²) in [6.07, 6.45) is 5.84. The number of piperazine rings is 1. The van der Waals surface area contributed by atoms with E-state index in [1.54, 1.807) is 18.6 Å². The van der Waals surface area contributed by atoms with Crippen molar-refractivity contribution in [3.05, 3.63) is 18.6 Å². The van der Waals surface area contributed by atoms with E-state index in [0.717, 1.165) is 25.3 Å². The van der Waals surface area contributed by atoms with Crippen LogP contribution in [0.3, 0.4) is 0 Å². The van der Waals surface area contributed by atoms with Crippen molar-refractivity contribution in [2.24, 2.45) is 11.7 Å². The Hall–Kier alpha value is -1.69. The molecule has 1 aromatic heterocycles. The van der Waals surface area contributed by atoms with Crippen LogP contribution in [0.2, 0.25) is 0 Å². The zero-order valence-electron chi connectivity index (χ0n) is 12.2. The Bertz CT molecular complexity index is 428. The summed E-state index contributed by atoms with van der Waals surface area (Å²) in [6, 6.07) is -0.377. The molecule has 2 heterocycles. The molecule has 6 heteroatoms. The van der Waals surface area contributed by atoms with Gasteiger partial charge in [-0.2, -0.15) is 0 Å². The van der Waals surface area contributed by atoms with Crippen molar-refractivity contribution in [3.63, 3.8) is 0 Å². The summed E-state index contributed by atoms with van der Waals surface area (Å²) in [7, 11) is 0. The van der Waals surface area contributed by atoms with Crippen LogP contribution in [0.25, 0.3) is 0 Å². The van der Waals surface area contributed by atoms with Crippen molar-refractivity contribution >= 4 is 11.7 Å². The lowest BCUT2D eigenvalue weighted by atomic mass is 10.0. The van der Waals surface area contributed by atoms with E-state index in [1.165, 1.54) is 0 Å². The minimum absolute atomic E-state index is 0.0671. The van der Waals surface area contributed by atoms with Crippen molar-refractivity contribution in [1.29, 1.82) is 0 Å². The molecule has 0 unspecified atom stereocenters. The third-order valence-corrected chi connectivity index (χ3v) is 3.51. The van der Waals surface area contributed by atoms with Crippen molar-refractivity contribution in [2.45, 2.75) is 26.3 Å². The lowest BCUT2D eigenvalue weighted by molar-refractivity contribution is -0.133. The molecule has 1 amide bonds. The first kappa shape index (κ1) is 14.7. The molecule has 0 aromatic carbocycles. The molecule has 1 aromatic rings. The van der Waals surface area contributed by atoms with Gasteiger partial charge in [-0.1, -0.05) is 13.8 Å². The maximum Gasteiger partial charge on any atom is 0.239 e. The van der Waals surface area contributed by atoms with Crippen LogP contribution in [-0.4, -0.2) is 53.0 Å². The number of hydrogen-bond donors (Lipinski definition) is 1. The van der Waals surface area contributed by atoms with Crippen LogP contribution >= 0.6 is 0 Å². The van der Waals surface area contributed by atoms with Gasteiger partial charge in [-0.25, -0.2) is 4.98 Å². The average Bonchev–Trinajstić information content (AvgIpc) is 2.47. The molecular weight excluding hydrogens is 254 g/mol. The van der Waals surface area contributed by atoms with Crippen LogP contribution in [0.5, 0.6) is 0 Å². The predicted octanol–water partition coefficient (Wildman–Crippen LogP) is 0.499.